The molecule has 0 bridgehead atoms. The first-order valence-corrected chi connectivity index (χ1v) is 12.7. The van der Waals surface area contributed by atoms with E-state index >= 15 is 0 Å². The van der Waals surface area contributed by atoms with Crippen LogP contribution in [0.2, 0.25) is 0 Å². The Morgan fingerprint density at radius 1 is 0.588 bits per heavy atom. The third-order valence-corrected chi connectivity index (χ3v) is 6.86. The first kappa shape index (κ1) is 24.4. The molecule has 1 heterocycles. The lowest BCUT2D eigenvalue weighted by Gasteiger charge is -2.26. The molecule has 4 aromatic rings. The van der Waals surface area contributed by atoms with Gasteiger partial charge in [-0.1, -0.05) is 112 Å². The van der Waals surface area contributed by atoms with Crippen molar-refractivity contribution in [2.45, 2.75) is 59.3 Å². The molecule has 0 amide bonds. The Balaban J connectivity index is 2.01. The van der Waals surface area contributed by atoms with Gasteiger partial charge in [0.25, 0.3) is 0 Å². The highest BCUT2D eigenvalue weighted by atomic mass is 79.9. The summed E-state index contributed by atoms with van der Waals surface area (Å²) < 4.78 is 1.05. The smallest absolute Gasteiger partial charge is 0.0718 e. The highest BCUT2D eigenvalue weighted by molar-refractivity contribution is 9.10. The van der Waals surface area contributed by atoms with Crippen LogP contribution in [0.25, 0.3) is 33.6 Å². The molecular weight excluding hydrogens is 478 g/mol. The van der Waals surface area contributed by atoms with Gasteiger partial charge in [-0.3, -0.25) is 0 Å². The average Bonchev–Trinajstić information content (AvgIpc) is 2.77. The summed E-state index contributed by atoms with van der Waals surface area (Å²) in [6.07, 6.45) is 0. The van der Waals surface area contributed by atoms with Gasteiger partial charge in [0.2, 0.25) is 0 Å². The number of nitrogens with zero attached hydrogens (tertiary/aromatic N) is 1. The molecule has 1 aromatic heterocycles. The molecule has 4 rings (SSSR count). The SMILES string of the molecule is Cc1ccccc1-c1cc(-c2cc(C(C)(C)C)cc(C(C)(C)C)c2)cc(-c2cccc(Br)c2)n1. The molecule has 0 atom stereocenters. The molecule has 2 heteroatoms. The molecule has 0 fully saturated rings. The van der Waals surface area contributed by atoms with Crippen LogP contribution in [0, 0.1) is 6.92 Å². The van der Waals surface area contributed by atoms with Crippen LogP contribution in [-0.4, -0.2) is 4.98 Å². The van der Waals surface area contributed by atoms with Crippen molar-refractivity contribution in [1.82, 2.24) is 4.98 Å². The molecule has 0 aliphatic rings. The van der Waals surface area contributed by atoms with Crippen LogP contribution in [0.1, 0.15) is 58.2 Å². The van der Waals surface area contributed by atoms with Gasteiger partial charge < -0.3 is 0 Å². The Bertz CT molecular complexity index is 1300. The van der Waals surface area contributed by atoms with Crippen LogP contribution in [0.3, 0.4) is 0 Å². The van der Waals surface area contributed by atoms with E-state index in [-0.39, 0.29) is 10.8 Å². The summed E-state index contributed by atoms with van der Waals surface area (Å²) in [5.74, 6) is 0. The predicted octanol–water partition coefficient (Wildman–Crippen LogP) is 9.75. The quantitative estimate of drug-likeness (QED) is 0.266. The van der Waals surface area contributed by atoms with Gasteiger partial charge in [-0.25, -0.2) is 4.98 Å². The monoisotopic (exact) mass is 511 g/mol. The van der Waals surface area contributed by atoms with Crippen LogP contribution in [0.4, 0.5) is 0 Å². The Hall–Kier alpha value is -2.71. The molecular formula is C32H34BrN. The number of hydrogen-bond acceptors (Lipinski definition) is 1. The third-order valence-electron chi connectivity index (χ3n) is 6.37. The standard InChI is InChI=1S/C32H34BrN/c1-21-11-8-9-14-28(21)30-19-24(18-29(34-30)22-12-10-13-27(33)17-22)23-15-25(31(2,3)4)20-26(16-23)32(5,6)7/h8-20H,1-7H3. The van der Waals surface area contributed by atoms with E-state index in [4.69, 9.17) is 4.98 Å². The highest BCUT2D eigenvalue weighted by Gasteiger charge is 2.21. The van der Waals surface area contributed by atoms with E-state index in [1.165, 1.54) is 33.4 Å². The minimum atomic E-state index is 0.0645. The molecule has 0 N–H and O–H groups in total. The summed E-state index contributed by atoms with van der Waals surface area (Å²) in [6.45, 7) is 15.9. The summed E-state index contributed by atoms with van der Waals surface area (Å²) in [4.78, 5) is 5.12. The first-order chi connectivity index (χ1) is 15.9. The van der Waals surface area contributed by atoms with Gasteiger partial charge in [0, 0.05) is 15.6 Å². The molecule has 0 unspecified atom stereocenters. The third kappa shape index (κ3) is 5.33. The van der Waals surface area contributed by atoms with Crippen molar-refractivity contribution in [3.8, 4) is 33.6 Å². The first-order valence-electron chi connectivity index (χ1n) is 11.9. The Labute approximate surface area is 213 Å². The molecule has 0 aliphatic heterocycles. The molecule has 0 saturated heterocycles. The number of benzene rings is 3. The van der Waals surface area contributed by atoms with Crippen LogP contribution < -0.4 is 0 Å². The summed E-state index contributed by atoms with van der Waals surface area (Å²) in [6, 6.07) is 28.5. The fourth-order valence-electron chi connectivity index (χ4n) is 4.15. The van der Waals surface area contributed by atoms with E-state index in [0.29, 0.717) is 0 Å². The molecule has 0 aliphatic carbocycles. The number of hydrogen-bond donors (Lipinski definition) is 0. The molecule has 3 aromatic carbocycles. The maximum Gasteiger partial charge on any atom is 0.0718 e. The van der Waals surface area contributed by atoms with E-state index in [0.717, 1.165) is 21.4 Å². The van der Waals surface area contributed by atoms with Crippen molar-refractivity contribution in [3.05, 3.63) is 100 Å². The summed E-state index contributed by atoms with van der Waals surface area (Å²) >= 11 is 3.63. The van der Waals surface area contributed by atoms with Crippen LogP contribution in [0.15, 0.2) is 83.3 Å². The predicted molar refractivity (Wildman–Crippen MR) is 150 cm³/mol. The number of rotatable bonds is 3. The second-order valence-corrected chi connectivity index (χ2v) is 12.2. The van der Waals surface area contributed by atoms with E-state index < -0.39 is 0 Å². The van der Waals surface area contributed by atoms with E-state index in [2.05, 4.69) is 143 Å². The number of pyridine rings is 1. The van der Waals surface area contributed by atoms with Gasteiger partial charge in [-0.05, 0) is 69.8 Å². The summed E-state index contributed by atoms with van der Waals surface area (Å²) in [5, 5.41) is 0. The molecule has 174 valence electrons. The van der Waals surface area contributed by atoms with E-state index in [1.807, 2.05) is 0 Å². The van der Waals surface area contributed by atoms with Crippen LogP contribution in [-0.2, 0) is 10.8 Å². The van der Waals surface area contributed by atoms with Gasteiger partial charge in [0.05, 0.1) is 11.4 Å². The average molecular weight is 513 g/mol. The number of aryl methyl sites for hydroxylation is 1. The highest BCUT2D eigenvalue weighted by Crippen LogP contribution is 2.37. The Kier molecular flexibility index (Phi) is 6.57. The topological polar surface area (TPSA) is 12.9 Å². The van der Waals surface area contributed by atoms with Crippen LogP contribution in [0.5, 0.6) is 0 Å². The van der Waals surface area contributed by atoms with Gasteiger partial charge in [-0.15, -0.1) is 0 Å². The van der Waals surface area contributed by atoms with Gasteiger partial charge >= 0.3 is 0 Å². The molecule has 0 saturated carbocycles. The number of halogens is 1. The van der Waals surface area contributed by atoms with Crippen molar-refractivity contribution in [3.63, 3.8) is 0 Å². The van der Waals surface area contributed by atoms with Crippen molar-refractivity contribution < 1.29 is 0 Å². The summed E-state index contributed by atoms with van der Waals surface area (Å²) in [5.41, 5.74) is 10.8. The zero-order valence-corrected chi connectivity index (χ0v) is 22.9. The second kappa shape index (κ2) is 9.15. The fourth-order valence-corrected chi connectivity index (χ4v) is 4.55. The van der Waals surface area contributed by atoms with E-state index in [1.54, 1.807) is 0 Å². The molecule has 34 heavy (non-hydrogen) atoms. The van der Waals surface area contributed by atoms with Gasteiger partial charge in [0.15, 0.2) is 0 Å². The lowest BCUT2D eigenvalue weighted by molar-refractivity contribution is 0.569. The van der Waals surface area contributed by atoms with Crippen LogP contribution >= 0.6 is 15.9 Å². The van der Waals surface area contributed by atoms with Gasteiger partial charge in [-0.2, -0.15) is 0 Å². The van der Waals surface area contributed by atoms with Gasteiger partial charge in [0.1, 0.15) is 0 Å². The Morgan fingerprint density at radius 2 is 1.18 bits per heavy atom. The van der Waals surface area contributed by atoms with Crippen molar-refractivity contribution in [2.75, 3.05) is 0 Å². The van der Waals surface area contributed by atoms with Crippen molar-refractivity contribution >= 4 is 15.9 Å². The minimum absolute atomic E-state index is 0.0645. The lowest BCUT2D eigenvalue weighted by Crippen LogP contribution is -2.16. The normalized spacial score (nSPS) is 12.1. The maximum absolute atomic E-state index is 5.12. The largest absolute Gasteiger partial charge is 0.248 e. The Morgan fingerprint density at radius 3 is 1.76 bits per heavy atom. The van der Waals surface area contributed by atoms with Crippen molar-refractivity contribution in [2.24, 2.45) is 0 Å². The number of aromatic nitrogens is 1. The van der Waals surface area contributed by atoms with Crippen molar-refractivity contribution in [1.29, 1.82) is 0 Å². The van der Waals surface area contributed by atoms with E-state index in [9.17, 15) is 0 Å². The lowest BCUT2D eigenvalue weighted by atomic mass is 9.79. The zero-order valence-electron chi connectivity index (χ0n) is 21.3. The molecule has 1 nitrogen and oxygen atoms in total. The maximum atomic E-state index is 5.12. The minimum Gasteiger partial charge on any atom is -0.248 e. The molecule has 0 radical (unpaired) electrons. The summed E-state index contributed by atoms with van der Waals surface area (Å²) in [7, 11) is 0. The zero-order chi connectivity index (χ0) is 24.7. The second-order valence-electron chi connectivity index (χ2n) is 11.3. The fraction of sp³-hybridized carbons (Fsp3) is 0.281. The molecule has 0 spiro atoms.